The summed E-state index contributed by atoms with van der Waals surface area (Å²) in [4.78, 5) is 15.0. The average molecular weight is 349 g/mol. The zero-order chi connectivity index (χ0) is 16.6. The van der Waals surface area contributed by atoms with Gasteiger partial charge in [0.15, 0.2) is 5.82 Å². The summed E-state index contributed by atoms with van der Waals surface area (Å²) in [6.07, 6.45) is 0. The Labute approximate surface area is 141 Å². The third-order valence-corrected chi connectivity index (χ3v) is 3.88. The summed E-state index contributed by atoms with van der Waals surface area (Å²) < 4.78 is 1.26. The molecule has 116 valence electrons. The van der Waals surface area contributed by atoms with Crippen molar-refractivity contribution in [1.29, 1.82) is 0 Å². The molecule has 0 amide bonds. The van der Waals surface area contributed by atoms with Crippen LogP contribution < -0.4 is 0 Å². The van der Waals surface area contributed by atoms with Crippen LogP contribution in [0.4, 0.5) is 5.69 Å². The zero-order valence-corrected chi connectivity index (χ0v) is 13.4. The zero-order valence-electron chi connectivity index (χ0n) is 11.9. The lowest BCUT2D eigenvalue weighted by Crippen LogP contribution is -2.04. The number of nitro groups is 1. The minimum Gasteiger partial charge on any atom is -0.258 e. The molecule has 0 aliphatic carbocycles. The van der Waals surface area contributed by atoms with Crippen LogP contribution in [0.2, 0.25) is 10.3 Å². The van der Waals surface area contributed by atoms with Crippen LogP contribution in [-0.2, 0) is 0 Å². The number of para-hydroxylation sites is 1. The molecule has 0 spiro atoms. The lowest BCUT2D eigenvalue weighted by molar-refractivity contribution is -0.384. The second kappa shape index (κ2) is 5.98. The van der Waals surface area contributed by atoms with Gasteiger partial charge in [-0.25, -0.2) is 0 Å². The van der Waals surface area contributed by atoms with E-state index in [0.717, 1.165) is 0 Å². The summed E-state index contributed by atoms with van der Waals surface area (Å²) in [6, 6.07) is 11.8. The van der Waals surface area contributed by atoms with Crippen LogP contribution in [0.1, 0.15) is 5.56 Å². The lowest BCUT2D eigenvalue weighted by Gasteiger charge is -2.06. The van der Waals surface area contributed by atoms with Gasteiger partial charge in [-0.15, -0.1) is 5.10 Å². The first-order valence-electron chi connectivity index (χ1n) is 6.61. The van der Waals surface area contributed by atoms with E-state index in [-0.39, 0.29) is 16.7 Å². The fraction of sp³-hybridized carbons (Fsp3) is 0.0667. The molecule has 3 rings (SSSR count). The Kier molecular flexibility index (Phi) is 4.02. The maximum absolute atomic E-state index is 11.3. The largest absolute Gasteiger partial charge is 0.295 e. The van der Waals surface area contributed by atoms with Gasteiger partial charge in [0.25, 0.3) is 5.69 Å². The molecule has 1 heterocycles. The first-order chi connectivity index (χ1) is 11.0. The highest BCUT2D eigenvalue weighted by Crippen LogP contribution is 2.31. The number of aromatic nitrogens is 3. The first-order valence-corrected chi connectivity index (χ1v) is 7.36. The van der Waals surface area contributed by atoms with Crippen LogP contribution in [0, 0.1) is 17.0 Å². The van der Waals surface area contributed by atoms with Crippen molar-refractivity contribution in [1.82, 2.24) is 14.8 Å². The topological polar surface area (TPSA) is 73.8 Å². The molecule has 1 aromatic heterocycles. The van der Waals surface area contributed by atoms with Crippen molar-refractivity contribution in [3.8, 4) is 17.1 Å². The summed E-state index contributed by atoms with van der Waals surface area (Å²) in [5.74, 6) is 0.304. The monoisotopic (exact) mass is 348 g/mol. The smallest absolute Gasteiger partial charge is 0.258 e. The minimum absolute atomic E-state index is 0.0253. The van der Waals surface area contributed by atoms with Gasteiger partial charge >= 0.3 is 0 Å². The summed E-state index contributed by atoms with van der Waals surface area (Å²) in [6.45, 7) is 1.75. The Bertz CT molecular complexity index is 908. The molecule has 0 saturated heterocycles. The summed E-state index contributed by atoms with van der Waals surface area (Å²) in [7, 11) is 0. The van der Waals surface area contributed by atoms with Crippen LogP contribution in [-0.4, -0.2) is 19.7 Å². The van der Waals surface area contributed by atoms with Gasteiger partial charge in [-0.2, -0.15) is 9.67 Å². The molecule has 0 saturated carbocycles. The van der Waals surface area contributed by atoms with Crippen LogP contribution in [0.3, 0.4) is 0 Å². The van der Waals surface area contributed by atoms with E-state index in [0.29, 0.717) is 22.0 Å². The molecule has 0 fully saturated rings. The third kappa shape index (κ3) is 2.78. The highest BCUT2D eigenvalue weighted by Gasteiger charge is 2.22. The van der Waals surface area contributed by atoms with E-state index in [2.05, 4.69) is 10.1 Å². The van der Waals surface area contributed by atoms with Crippen molar-refractivity contribution in [3.05, 3.63) is 68.4 Å². The van der Waals surface area contributed by atoms with Gasteiger partial charge in [-0.3, -0.25) is 10.1 Å². The van der Waals surface area contributed by atoms with Crippen LogP contribution in [0.25, 0.3) is 17.1 Å². The average Bonchev–Trinajstić information content (AvgIpc) is 2.88. The molecule has 0 atom stereocenters. The van der Waals surface area contributed by atoms with Crippen LogP contribution in [0.15, 0.2) is 42.5 Å². The molecule has 2 aromatic carbocycles. The highest BCUT2D eigenvalue weighted by atomic mass is 35.5. The van der Waals surface area contributed by atoms with Crippen molar-refractivity contribution in [2.24, 2.45) is 0 Å². The molecule has 0 bridgehead atoms. The fourth-order valence-corrected chi connectivity index (χ4v) is 2.68. The molecular formula is C15H10Cl2N4O2. The summed E-state index contributed by atoms with van der Waals surface area (Å²) in [5, 5.41) is 16.1. The van der Waals surface area contributed by atoms with E-state index in [1.807, 2.05) is 0 Å². The number of halogens is 2. The standard InChI is InChI=1S/C15H10Cl2N4O2/c1-9-5-4-8-12(21(22)23)13(9)20-15(17)18-14(19-20)10-6-2-3-7-11(10)16/h2-8H,1H3. The number of rotatable bonds is 3. The predicted molar refractivity (Wildman–Crippen MR) is 88.2 cm³/mol. The van der Waals surface area contributed by atoms with Gasteiger partial charge in [0.05, 0.1) is 9.95 Å². The molecule has 3 aromatic rings. The van der Waals surface area contributed by atoms with Crippen molar-refractivity contribution in [3.63, 3.8) is 0 Å². The number of nitro benzene ring substituents is 1. The molecule has 6 nitrogen and oxygen atoms in total. The van der Waals surface area contributed by atoms with Gasteiger partial charge in [-0.1, -0.05) is 35.9 Å². The van der Waals surface area contributed by atoms with Crippen molar-refractivity contribution in [2.45, 2.75) is 6.92 Å². The van der Waals surface area contributed by atoms with Gasteiger partial charge in [0.2, 0.25) is 5.28 Å². The predicted octanol–water partition coefficient (Wildman–Crippen LogP) is 4.46. The Balaban J connectivity index is 2.21. The molecule has 0 N–H and O–H groups in total. The summed E-state index contributed by atoms with van der Waals surface area (Å²) >= 11 is 12.3. The van der Waals surface area contributed by atoms with E-state index in [9.17, 15) is 10.1 Å². The number of benzene rings is 2. The maximum atomic E-state index is 11.3. The second-order valence-electron chi connectivity index (χ2n) is 4.80. The Morgan fingerprint density at radius 2 is 1.87 bits per heavy atom. The van der Waals surface area contributed by atoms with E-state index in [1.165, 1.54) is 10.7 Å². The van der Waals surface area contributed by atoms with Crippen LogP contribution in [0.5, 0.6) is 0 Å². The Hall–Kier alpha value is -2.44. The van der Waals surface area contributed by atoms with Gasteiger partial charge in [0.1, 0.15) is 5.69 Å². The number of hydrogen-bond acceptors (Lipinski definition) is 4. The number of aryl methyl sites for hydroxylation is 1. The molecule has 8 heteroatoms. The highest BCUT2D eigenvalue weighted by molar-refractivity contribution is 6.33. The SMILES string of the molecule is Cc1cccc([N+](=O)[O-])c1-n1nc(-c2ccccc2Cl)nc1Cl. The maximum Gasteiger partial charge on any atom is 0.295 e. The summed E-state index contributed by atoms with van der Waals surface area (Å²) in [5.41, 5.74) is 1.46. The Morgan fingerprint density at radius 3 is 2.57 bits per heavy atom. The fourth-order valence-electron chi connectivity index (χ4n) is 2.26. The third-order valence-electron chi connectivity index (χ3n) is 3.31. The Morgan fingerprint density at radius 1 is 1.13 bits per heavy atom. The second-order valence-corrected chi connectivity index (χ2v) is 5.54. The van der Waals surface area contributed by atoms with Crippen molar-refractivity contribution in [2.75, 3.05) is 0 Å². The molecule has 0 unspecified atom stereocenters. The van der Waals surface area contributed by atoms with Gasteiger partial charge in [-0.05, 0) is 36.2 Å². The minimum atomic E-state index is -0.477. The molecule has 23 heavy (non-hydrogen) atoms. The van der Waals surface area contributed by atoms with Gasteiger partial charge in [0, 0.05) is 11.6 Å². The van der Waals surface area contributed by atoms with Crippen molar-refractivity contribution >= 4 is 28.9 Å². The first kappa shape index (κ1) is 15.5. The van der Waals surface area contributed by atoms with Gasteiger partial charge < -0.3 is 0 Å². The lowest BCUT2D eigenvalue weighted by atomic mass is 10.2. The molecule has 0 aliphatic rings. The van der Waals surface area contributed by atoms with Crippen molar-refractivity contribution < 1.29 is 4.92 Å². The van der Waals surface area contributed by atoms with E-state index in [4.69, 9.17) is 23.2 Å². The van der Waals surface area contributed by atoms with Crippen LogP contribution >= 0.6 is 23.2 Å². The molecular weight excluding hydrogens is 339 g/mol. The van der Waals surface area contributed by atoms with E-state index in [1.54, 1.807) is 43.3 Å². The number of hydrogen-bond donors (Lipinski definition) is 0. The quantitative estimate of drug-likeness (QED) is 0.517. The molecule has 0 radical (unpaired) electrons. The normalized spacial score (nSPS) is 10.7. The molecule has 0 aliphatic heterocycles. The number of nitrogens with zero attached hydrogens (tertiary/aromatic N) is 4. The van der Waals surface area contributed by atoms with E-state index >= 15 is 0 Å². The van der Waals surface area contributed by atoms with E-state index < -0.39 is 4.92 Å².